The number of nitrogens with two attached hydrogens (primary N) is 1. The summed E-state index contributed by atoms with van der Waals surface area (Å²) in [4.78, 5) is 26.0. The largest absolute Gasteiger partial charge is 0.462 e. The molecule has 8 nitrogen and oxygen atoms in total. The number of esters is 1. The van der Waals surface area contributed by atoms with Gasteiger partial charge in [-0.05, 0) is 24.7 Å². The highest BCUT2D eigenvalue weighted by molar-refractivity contribution is 7.99. The predicted molar refractivity (Wildman–Crippen MR) is 125 cm³/mol. The fourth-order valence-electron chi connectivity index (χ4n) is 3.18. The number of nitrogen functional groups attached to an aromatic ring is 1. The van der Waals surface area contributed by atoms with E-state index in [9.17, 15) is 9.59 Å². The number of aromatic nitrogens is 3. The summed E-state index contributed by atoms with van der Waals surface area (Å²) in [5.41, 5.74) is 7.94. The van der Waals surface area contributed by atoms with Crippen LogP contribution in [0.4, 0.5) is 10.9 Å². The number of carbonyl (C=O) groups is 2. The van der Waals surface area contributed by atoms with Crippen LogP contribution in [0.2, 0.25) is 0 Å². The zero-order valence-corrected chi connectivity index (χ0v) is 19.3. The maximum Gasteiger partial charge on any atom is 0.341 e. The lowest BCUT2D eigenvalue weighted by molar-refractivity contribution is -0.119. The highest BCUT2D eigenvalue weighted by Crippen LogP contribution is 2.37. The molecule has 1 amide bonds. The fraction of sp³-hybridized carbons (Fsp3) is 0.333. The zero-order valence-electron chi connectivity index (χ0n) is 17.6. The van der Waals surface area contributed by atoms with Crippen molar-refractivity contribution in [2.75, 3.05) is 23.4 Å². The Labute approximate surface area is 189 Å². The number of hydrogen-bond donors (Lipinski definition) is 2. The highest BCUT2D eigenvalue weighted by atomic mass is 32.2. The third kappa shape index (κ3) is 4.91. The molecular weight excluding hydrogens is 434 g/mol. The van der Waals surface area contributed by atoms with Crippen molar-refractivity contribution in [3.05, 3.63) is 41.3 Å². The Kier molecular flexibility index (Phi) is 7.69. The topological polar surface area (TPSA) is 112 Å². The maximum absolute atomic E-state index is 13.2. The lowest BCUT2D eigenvalue weighted by Gasteiger charge is -2.19. The van der Waals surface area contributed by atoms with Gasteiger partial charge in [-0.25, -0.2) is 4.79 Å². The molecule has 0 saturated carbocycles. The molecule has 1 unspecified atom stereocenters. The Hall–Kier alpha value is -2.85. The quantitative estimate of drug-likeness (QED) is 0.359. The lowest BCUT2D eigenvalue weighted by atomic mass is 10.0. The summed E-state index contributed by atoms with van der Waals surface area (Å²) in [5, 5.41) is 13.8. The molecule has 3 aromatic rings. The minimum Gasteiger partial charge on any atom is -0.462 e. The van der Waals surface area contributed by atoms with Crippen LogP contribution in [0.25, 0.3) is 11.1 Å². The number of ether oxygens (including phenoxy) is 1. The van der Waals surface area contributed by atoms with E-state index in [0.29, 0.717) is 22.1 Å². The first-order chi connectivity index (χ1) is 15.0. The van der Waals surface area contributed by atoms with Gasteiger partial charge in [0.1, 0.15) is 16.6 Å². The van der Waals surface area contributed by atoms with Gasteiger partial charge >= 0.3 is 5.97 Å². The lowest BCUT2D eigenvalue weighted by Crippen LogP contribution is -2.27. The second-order valence-electron chi connectivity index (χ2n) is 6.50. The van der Waals surface area contributed by atoms with Crippen LogP contribution in [-0.2, 0) is 9.53 Å². The molecule has 0 spiro atoms. The van der Waals surface area contributed by atoms with Crippen molar-refractivity contribution in [3.8, 4) is 11.1 Å². The summed E-state index contributed by atoms with van der Waals surface area (Å²) in [6, 6.07) is 8.92. The van der Waals surface area contributed by atoms with Crippen LogP contribution in [0.3, 0.4) is 0 Å². The maximum atomic E-state index is 13.2. The molecule has 31 heavy (non-hydrogen) atoms. The highest BCUT2D eigenvalue weighted by Gasteiger charge is 2.28. The van der Waals surface area contributed by atoms with Gasteiger partial charge in [-0.1, -0.05) is 55.9 Å². The number of carbonyl (C=O) groups excluding carboxylic acids is 2. The summed E-state index contributed by atoms with van der Waals surface area (Å²) in [6.45, 7) is 5.87. The monoisotopic (exact) mass is 459 g/mol. The van der Waals surface area contributed by atoms with Gasteiger partial charge in [-0.15, -0.1) is 21.5 Å². The number of anilines is 2. The van der Waals surface area contributed by atoms with E-state index in [1.54, 1.807) is 11.5 Å². The number of rotatable bonds is 9. The molecule has 164 valence electrons. The molecule has 3 rings (SSSR count). The molecule has 2 heterocycles. The van der Waals surface area contributed by atoms with Gasteiger partial charge in [-0.2, -0.15) is 0 Å². The number of thioether (sulfide) groups is 1. The van der Waals surface area contributed by atoms with Gasteiger partial charge in [0.25, 0.3) is 0 Å². The molecule has 0 aliphatic heterocycles. The number of nitrogens with zero attached hydrogens (tertiary/aromatic N) is 3. The molecule has 1 aromatic carbocycles. The second kappa shape index (κ2) is 10.5. The minimum atomic E-state index is -0.610. The number of nitrogens with one attached hydrogen (secondary N) is 1. The molecular formula is C21H25N5O3S2. The van der Waals surface area contributed by atoms with Crippen molar-refractivity contribution >= 4 is 45.9 Å². The van der Waals surface area contributed by atoms with E-state index in [-0.39, 0.29) is 18.5 Å². The van der Waals surface area contributed by atoms with Gasteiger partial charge < -0.3 is 15.8 Å². The Bertz CT molecular complexity index is 1050. The van der Waals surface area contributed by atoms with Crippen LogP contribution in [0.5, 0.6) is 0 Å². The SMILES string of the molecule is CCOC(=O)c1c(-c2ccccc2)csc1NC(=O)C(CC)n1c(N)nnc1SCC. The zero-order chi connectivity index (χ0) is 22.4. The smallest absolute Gasteiger partial charge is 0.341 e. The molecule has 0 fully saturated rings. The fourth-order valence-corrected chi connectivity index (χ4v) is 4.85. The molecule has 0 saturated heterocycles. The van der Waals surface area contributed by atoms with Crippen molar-refractivity contribution < 1.29 is 14.3 Å². The number of benzene rings is 1. The van der Waals surface area contributed by atoms with E-state index in [4.69, 9.17) is 10.5 Å². The van der Waals surface area contributed by atoms with E-state index in [0.717, 1.165) is 16.9 Å². The van der Waals surface area contributed by atoms with Crippen LogP contribution in [0, 0.1) is 0 Å². The molecule has 0 aliphatic rings. The summed E-state index contributed by atoms with van der Waals surface area (Å²) in [7, 11) is 0. The average Bonchev–Trinajstić information content (AvgIpc) is 3.34. The van der Waals surface area contributed by atoms with Crippen molar-refractivity contribution in [1.29, 1.82) is 0 Å². The third-order valence-corrected chi connectivity index (χ3v) is 6.28. The molecule has 1 atom stereocenters. The van der Waals surface area contributed by atoms with Crippen LogP contribution < -0.4 is 11.1 Å². The molecule has 0 aliphatic carbocycles. The molecule has 0 radical (unpaired) electrons. The Morgan fingerprint density at radius 1 is 1.23 bits per heavy atom. The van der Waals surface area contributed by atoms with E-state index < -0.39 is 12.0 Å². The summed E-state index contributed by atoms with van der Waals surface area (Å²) < 4.78 is 6.91. The average molecular weight is 460 g/mol. The van der Waals surface area contributed by atoms with Crippen LogP contribution in [0.15, 0.2) is 40.9 Å². The van der Waals surface area contributed by atoms with E-state index >= 15 is 0 Å². The summed E-state index contributed by atoms with van der Waals surface area (Å²) in [5.74, 6) is 0.185. The molecule has 10 heteroatoms. The number of hydrogen-bond acceptors (Lipinski definition) is 8. The Morgan fingerprint density at radius 3 is 2.61 bits per heavy atom. The van der Waals surface area contributed by atoms with Gasteiger partial charge in [0, 0.05) is 10.9 Å². The first kappa shape index (κ1) is 22.8. The standard InChI is InChI=1S/C21H25N5O3S2/c1-4-15(26-20(22)24-25-21(26)30-6-3)17(27)23-18-16(19(28)29-5-2)14(12-31-18)13-10-8-7-9-11-13/h7-12,15H,4-6H2,1-3H3,(H2,22,24)(H,23,27). The van der Waals surface area contributed by atoms with Crippen LogP contribution in [-0.4, -0.2) is 39.0 Å². The number of thiophene rings is 1. The van der Waals surface area contributed by atoms with E-state index in [2.05, 4.69) is 15.5 Å². The minimum absolute atomic E-state index is 0.180. The first-order valence-corrected chi connectivity index (χ1v) is 11.9. The molecule has 3 N–H and O–H groups in total. The van der Waals surface area contributed by atoms with E-state index in [1.165, 1.54) is 23.1 Å². The first-order valence-electron chi connectivity index (χ1n) is 9.99. The van der Waals surface area contributed by atoms with Gasteiger partial charge in [-0.3, -0.25) is 9.36 Å². The second-order valence-corrected chi connectivity index (χ2v) is 8.61. The van der Waals surface area contributed by atoms with Crippen molar-refractivity contribution in [1.82, 2.24) is 14.8 Å². The number of amides is 1. The van der Waals surface area contributed by atoms with Crippen LogP contribution in [0.1, 0.15) is 43.6 Å². The predicted octanol–water partition coefficient (Wildman–Crippen LogP) is 4.47. The molecule has 0 bridgehead atoms. The van der Waals surface area contributed by atoms with Crippen molar-refractivity contribution in [2.45, 2.75) is 38.4 Å². The normalized spacial score (nSPS) is 11.8. The van der Waals surface area contributed by atoms with E-state index in [1.807, 2.05) is 49.6 Å². The van der Waals surface area contributed by atoms with Gasteiger partial charge in [0.15, 0.2) is 5.16 Å². The summed E-state index contributed by atoms with van der Waals surface area (Å²) >= 11 is 2.75. The van der Waals surface area contributed by atoms with Gasteiger partial charge in [0.05, 0.1) is 6.61 Å². The van der Waals surface area contributed by atoms with Crippen molar-refractivity contribution in [3.63, 3.8) is 0 Å². The molecule has 2 aromatic heterocycles. The van der Waals surface area contributed by atoms with Crippen LogP contribution >= 0.6 is 23.1 Å². The summed E-state index contributed by atoms with van der Waals surface area (Å²) in [6.07, 6.45) is 0.483. The third-order valence-electron chi connectivity index (χ3n) is 4.56. The Morgan fingerprint density at radius 2 is 1.97 bits per heavy atom. The van der Waals surface area contributed by atoms with Gasteiger partial charge in [0.2, 0.25) is 11.9 Å². The van der Waals surface area contributed by atoms with Crippen molar-refractivity contribution in [2.24, 2.45) is 0 Å². The Balaban J connectivity index is 1.96.